The highest BCUT2D eigenvalue weighted by atomic mass is 16.5. The number of nitrogens with zero attached hydrogens (tertiary/aromatic N) is 1. The third kappa shape index (κ3) is 2.45. The molecule has 0 saturated carbocycles. The molecule has 0 aromatic heterocycles. The van der Waals surface area contributed by atoms with E-state index >= 15 is 0 Å². The Balaban J connectivity index is 1.91. The van der Waals surface area contributed by atoms with Crippen LogP contribution in [0.15, 0.2) is 30.3 Å². The molecule has 0 aliphatic carbocycles. The lowest BCUT2D eigenvalue weighted by molar-refractivity contribution is 0.0486. The predicted molar refractivity (Wildman–Crippen MR) is 78.3 cm³/mol. The van der Waals surface area contributed by atoms with Crippen molar-refractivity contribution in [1.29, 1.82) is 5.41 Å². The van der Waals surface area contributed by atoms with Gasteiger partial charge in [0.2, 0.25) is 0 Å². The third-order valence-corrected chi connectivity index (χ3v) is 4.45. The highest BCUT2D eigenvalue weighted by molar-refractivity contribution is 5.91. The van der Waals surface area contributed by atoms with E-state index in [1.165, 1.54) is 5.56 Å². The number of amidine groups is 1. The zero-order chi connectivity index (χ0) is 13.8. The number of benzene rings is 1. The first-order valence-corrected chi connectivity index (χ1v) is 7.38. The number of hydrogen-bond donors (Lipinski definition) is 1. The largest absolute Gasteiger partial charge is 0.381 e. The lowest BCUT2D eigenvalue weighted by atomic mass is 9.72. The smallest absolute Gasteiger partial charge is 0.107 e. The molecule has 4 nitrogen and oxygen atoms in total. The standard InChI is InChI=1S/C16H22N2O2/c17-15(18-8-12-20-13-9-18)16(6-10-19-11-7-16)14-4-2-1-3-5-14/h1-5,17H,6-13H2. The summed E-state index contributed by atoms with van der Waals surface area (Å²) in [5.41, 5.74) is 1.07. The van der Waals surface area contributed by atoms with Crippen molar-refractivity contribution in [2.24, 2.45) is 0 Å². The third-order valence-electron chi connectivity index (χ3n) is 4.45. The van der Waals surface area contributed by atoms with Crippen molar-refractivity contribution in [3.63, 3.8) is 0 Å². The minimum absolute atomic E-state index is 0.184. The normalized spacial score (nSPS) is 22.5. The fourth-order valence-electron chi connectivity index (χ4n) is 3.23. The van der Waals surface area contributed by atoms with E-state index in [2.05, 4.69) is 29.2 Å². The van der Waals surface area contributed by atoms with Crippen LogP contribution in [-0.2, 0) is 14.9 Å². The van der Waals surface area contributed by atoms with Crippen LogP contribution in [0.5, 0.6) is 0 Å². The van der Waals surface area contributed by atoms with Crippen molar-refractivity contribution < 1.29 is 9.47 Å². The Morgan fingerprint density at radius 2 is 1.55 bits per heavy atom. The average molecular weight is 274 g/mol. The van der Waals surface area contributed by atoms with Gasteiger partial charge in [-0.1, -0.05) is 30.3 Å². The van der Waals surface area contributed by atoms with Gasteiger partial charge in [-0.3, -0.25) is 5.41 Å². The molecule has 4 heteroatoms. The monoisotopic (exact) mass is 274 g/mol. The molecule has 108 valence electrons. The summed E-state index contributed by atoms with van der Waals surface area (Å²) in [6.45, 7) is 4.58. The molecule has 1 aromatic rings. The van der Waals surface area contributed by atoms with Gasteiger partial charge in [0.1, 0.15) is 5.84 Å². The zero-order valence-corrected chi connectivity index (χ0v) is 11.8. The average Bonchev–Trinajstić information content (AvgIpc) is 2.56. The Bertz CT molecular complexity index is 449. The van der Waals surface area contributed by atoms with Crippen molar-refractivity contribution in [1.82, 2.24) is 4.90 Å². The molecule has 1 aromatic carbocycles. The fraction of sp³-hybridized carbons (Fsp3) is 0.562. The van der Waals surface area contributed by atoms with Crippen LogP contribution in [0, 0.1) is 5.41 Å². The second kappa shape index (κ2) is 5.94. The van der Waals surface area contributed by atoms with Crippen LogP contribution in [0.25, 0.3) is 0 Å². The molecule has 2 heterocycles. The summed E-state index contributed by atoms with van der Waals surface area (Å²) in [4.78, 5) is 2.18. The molecule has 2 aliphatic rings. The van der Waals surface area contributed by atoms with E-state index in [0.29, 0.717) is 0 Å². The summed E-state index contributed by atoms with van der Waals surface area (Å²) < 4.78 is 11.0. The van der Waals surface area contributed by atoms with Crippen LogP contribution in [0.1, 0.15) is 18.4 Å². The van der Waals surface area contributed by atoms with Crippen molar-refractivity contribution in [3.05, 3.63) is 35.9 Å². The fourth-order valence-corrected chi connectivity index (χ4v) is 3.23. The summed E-state index contributed by atoms with van der Waals surface area (Å²) in [7, 11) is 0. The number of hydrogen-bond acceptors (Lipinski definition) is 3. The summed E-state index contributed by atoms with van der Waals surface area (Å²) in [5, 5.41) is 8.78. The van der Waals surface area contributed by atoms with Gasteiger partial charge in [0.05, 0.1) is 18.6 Å². The molecule has 3 rings (SSSR count). The maximum absolute atomic E-state index is 8.78. The summed E-state index contributed by atoms with van der Waals surface area (Å²) in [5.74, 6) is 0.746. The van der Waals surface area contributed by atoms with E-state index in [4.69, 9.17) is 14.9 Å². The molecule has 2 saturated heterocycles. The van der Waals surface area contributed by atoms with Crippen molar-refractivity contribution >= 4 is 5.84 Å². The summed E-state index contributed by atoms with van der Waals surface area (Å²) in [6, 6.07) is 10.5. The summed E-state index contributed by atoms with van der Waals surface area (Å²) >= 11 is 0. The van der Waals surface area contributed by atoms with Crippen LogP contribution in [0.4, 0.5) is 0 Å². The van der Waals surface area contributed by atoms with Gasteiger partial charge in [-0.05, 0) is 18.4 Å². The lowest BCUT2D eigenvalue weighted by Crippen LogP contribution is -2.52. The second-order valence-corrected chi connectivity index (χ2v) is 5.51. The first-order chi connectivity index (χ1) is 9.83. The highest BCUT2D eigenvalue weighted by Crippen LogP contribution is 2.37. The number of ether oxygens (including phenoxy) is 2. The molecular weight excluding hydrogens is 252 g/mol. The number of rotatable bonds is 2. The van der Waals surface area contributed by atoms with Crippen LogP contribution < -0.4 is 0 Å². The Kier molecular flexibility index (Phi) is 4.03. The van der Waals surface area contributed by atoms with Crippen LogP contribution in [-0.4, -0.2) is 50.3 Å². The lowest BCUT2D eigenvalue weighted by Gasteiger charge is -2.43. The molecule has 0 atom stereocenters. The van der Waals surface area contributed by atoms with E-state index < -0.39 is 0 Å². The Hall–Kier alpha value is -1.39. The van der Waals surface area contributed by atoms with Gasteiger partial charge in [-0.15, -0.1) is 0 Å². The highest BCUT2D eigenvalue weighted by Gasteiger charge is 2.41. The van der Waals surface area contributed by atoms with Gasteiger partial charge in [0, 0.05) is 26.3 Å². The SMILES string of the molecule is N=C(N1CCOCC1)C1(c2ccccc2)CCOCC1. The molecule has 0 radical (unpaired) electrons. The van der Waals surface area contributed by atoms with Crippen LogP contribution in [0.2, 0.25) is 0 Å². The molecule has 20 heavy (non-hydrogen) atoms. The van der Waals surface area contributed by atoms with E-state index in [9.17, 15) is 0 Å². The van der Waals surface area contributed by atoms with Gasteiger partial charge in [-0.25, -0.2) is 0 Å². The second-order valence-electron chi connectivity index (χ2n) is 5.51. The van der Waals surface area contributed by atoms with Gasteiger partial charge in [0.25, 0.3) is 0 Å². The topological polar surface area (TPSA) is 45.6 Å². The zero-order valence-electron chi connectivity index (χ0n) is 11.8. The minimum atomic E-state index is -0.184. The minimum Gasteiger partial charge on any atom is -0.381 e. The molecule has 1 N–H and O–H groups in total. The Labute approximate surface area is 120 Å². The van der Waals surface area contributed by atoms with E-state index in [-0.39, 0.29) is 5.41 Å². The molecular formula is C16H22N2O2. The van der Waals surface area contributed by atoms with Crippen LogP contribution in [0.3, 0.4) is 0 Å². The number of nitrogens with one attached hydrogen (secondary N) is 1. The molecule has 0 bridgehead atoms. The molecule has 0 unspecified atom stereocenters. The van der Waals surface area contributed by atoms with E-state index in [0.717, 1.165) is 58.2 Å². The summed E-state index contributed by atoms with van der Waals surface area (Å²) in [6.07, 6.45) is 1.79. The maximum atomic E-state index is 8.78. The van der Waals surface area contributed by atoms with Crippen molar-refractivity contribution in [3.8, 4) is 0 Å². The quantitative estimate of drug-likeness (QED) is 0.663. The van der Waals surface area contributed by atoms with Crippen molar-refractivity contribution in [2.45, 2.75) is 18.3 Å². The Morgan fingerprint density at radius 3 is 2.20 bits per heavy atom. The molecule has 0 spiro atoms. The van der Waals surface area contributed by atoms with Crippen LogP contribution >= 0.6 is 0 Å². The van der Waals surface area contributed by atoms with E-state index in [1.807, 2.05) is 6.07 Å². The van der Waals surface area contributed by atoms with Gasteiger partial charge in [0.15, 0.2) is 0 Å². The van der Waals surface area contributed by atoms with E-state index in [1.54, 1.807) is 0 Å². The maximum Gasteiger partial charge on any atom is 0.107 e. The first kappa shape index (κ1) is 13.6. The van der Waals surface area contributed by atoms with Gasteiger partial charge in [-0.2, -0.15) is 0 Å². The molecule has 0 amide bonds. The van der Waals surface area contributed by atoms with Gasteiger partial charge >= 0.3 is 0 Å². The predicted octanol–water partition coefficient (Wildman–Crippen LogP) is 2.04. The first-order valence-electron chi connectivity index (χ1n) is 7.38. The Morgan fingerprint density at radius 1 is 0.950 bits per heavy atom. The van der Waals surface area contributed by atoms with Gasteiger partial charge < -0.3 is 14.4 Å². The molecule has 2 fully saturated rings. The van der Waals surface area contributed by atoms with Crippen molar-refractivity contribution in [2.75, 3.05) is 39.5 Å². The molecule has 2 aliphatic heterocycles. The number of morpholine rings is 1.